The number of benzene rings is 4. The second-order valence-corrected chi connectivity index (χ2v) is 13.9. The van der Waals surface area contributed by atoms with Crippen LogP contribution in [-0.4, -0.2) is 43.8 Å². The predicted octanol–water partition coefficient (Wildman–Crippen LogP) is 6.48. The van der Waals surface area contributed by atoms with E-state index in [9.17, 15) is 22.4 Å². The molecule has 1 saturated carbocycles. The summed E-state index contributed by atoms with van der Waals surface area (Å²) in [6.45, 7) is -0.522. The van der Waals surface area contributed by atoms with Crippen LogP contribution in [0.1, 0.15) is 36.8 Å². The van der Waals surface area contributed by atoms with Crippen LogP contribution in [0.25, 0.3) is 0 Å². The molecule has 1 atom stereocenters. The standard InChI is InChI=1S/C35H35BrFN3O4S/c36-28-17-15-27(16-18-28)24-39(33(23-26-9-3-1-4-10-26)35(42)38-30-11-7-8-12-30)34(41)25-40(31-21-19-29(37)20-22-31)45(43,44)32-13-5-2-6-14-32/h1-6,9-10,13-22,30,33H,7-8,11-12,23-25H2,(H,38,42)/t33-/m1/s1. The molecule has 1 aliphatic carbocycles. The number of sulfonamides is 1. The molecule has 10 heteroatoms. The Morgan fingerprint density at radius 1 is 0.822 bits per heavy atom. The van der Waals surface area contributed by atoms with Gasteiger partial charge in [0.1, 0.15) is 18.4 Å². The monoisotopic (exact) mass is 691 g/mol. The van der Waals surface area contributed by atoms with Crippen molar-refractivity contribution in [2.75, 3.05) is 10.8 Å². The zero-order chi connectivity index (χ0) is 31.8. The van der Waals surface area contributed by atoms with Crippen molar-refractivity contribution in [3.63, 3.8) is 0 Å². The number of halogens is 2. The third-order valence-electron chi connectivity index (χ3n) is 7.96. The molecule has 2 amide bonds. The molecule has 0 radical (unpaired) electrons. The van der Waals surface area contributed by atoms with Gasteiger partial charge in [0, 0.05) is 23.5 Å². The van der Waals surface area contributed by atoms with Crippen LogP contribution in [-0.2, 0) is 32.6 Å². The Kier molecular flexibility index (Phi) is 10.7. The zero-order valence-electron chi connectivity index (χ0n) is 24.7. The topological polar surface area (TPSA) is 86.8 Å². The van der Waals surface area contributed by atoms with Gasteiger partial charge in [-0.3, -0.25) is 13.9 Å². The number of nitrogens with one attached hydrogen (secondary N) is 1. The Morgan fingerprint density at radius 2 is 1.42 bits per heavy atom. The molecule has 7 nitrogen and oxygen atoms in total. The fourth-order valence-electron chi connectivity index (χ4n) is 5.56. The third kappa shape index (κ3) is 8.38. The Hall–Kier alpha value is -4.02. The Balaban J connectivity index is 1.55. The zero-order valence-corrected chi connectivity index (χ0v) is 27.1. The van der Waals surface area contributed by atoms with Gasteiger partial charge in [0.25, 0.3) is 10.0 Å². The molecule has 0 heterocycles. The van der Waals surface area contributed by atoms with Gasteiger partial charge in [-0.15, -0.1) is 0 Å². The maximum absolute atomic E-state index is 14.5. The highest BCUT2D eigenvalue weighted by molar-refractivity contribution is 9.10. The highest BCUT2D eigenvalue weighted by Crippen LogP contribution is 2.26. The van der Waals surface area contributed by atoms with Gasteiger partial charge < -0.3 is 10.2 Å². The number of hydrogen-bond donors (Lipinski definition) is 1. The number of carbonyl (C=O) groups is 2. The lowest BCUT2D eigenvalue weighted by molar-refractivity contribution is -0.140. The number of nitrogens with zero attached hydrogens (tertiary/aromatic N) is 2. The van der Waals surface area contributed by atoms with Crippen molar-refractivity contribution in [2.45, 2.75) is 55.6 Å². The van der Waals surface area contributed by atoms with Crippen LogP contribution in [0.2, 0.25) is 0 Å². The SMILES string of the molecule is O=C(NC1CCCC1)[C@@H](Cc1ccccc1)N(Cc1ccc(Br)cc1)C(=O)CN(c1ccc(F)cc1)S(=O)(=O)c1ccccc1. The molecule has 5 rings (SSSR count). The van der Waals surface area contributed by atoms with E-state index < -0.39 is 34.3 Å². The lowest BCUT2D eigenvalue weighted by Gasteiger charge is -2.34. The molecule has 234 valence electrons. The minimum atomic E-state index is -4.24. The van der Waals surface area contributed by atoms with Crippen molar-refractivity contribution >= 4 is 43.5 Å². The molecule has 0 spiro atoms. The predicted molar refractivity (Wildman–Crippen MR) is 176 cm³/mol. The molecule has 0 unspecified atom stereocenters. The molecule has 4 aromatic carbocycles. The molecule has 0 saturated heterocycles. The molecule has 0 bridgehead atoms. The Morgan fingerprint density at radius 3 is 2.04 bits per heavy atom. The molecule has 0 aliphatic heterocycles. The quantitative estimate of drug-likeness (QED) is 0.184. The minimum Gasteiger partial charge on any atom is -0.352 e. The van der Waals surface area contributed by atoms with Gasteiger partial charge in [-0.2, -0.15) is 0 Å². The molecule has 4 aromatic rings. The first-order valence-electron chi connectivity index (χ1n) is 14.9. The van der Waals surface area contributed by atoms with E-state index in [1.165, 1.54) is 29.2 Å². The van der Waals surface area contributed by atoms with E-state index in [1.54, 1.807) is 18.2 Å². The molecule has 45 heavy (non-hydrogen) atoms. The van der Waals surface area contributed by atoms with Gasteiger partial charge in [0.2, 0.25) is 11.8 Å². The number of rotatable bonds is 12. The van der Waals surface area contributed by atoms with E-state index in [4.69, 9.17) is 0 Å². The van der Waals surface area contributed by atoms with Gasteiger partial charge in [0.05, 0.1) is 10.6 Å². The number of anilines is 1. The van der Waals surface area contributed by atoms with Crippen LogP contribution in [0.3, 0.4) is 0 Å². The summed E-state index contributed by atoms with van der Waals surface area (Å²) in [5.74, 6) is -1.38. The summed E-state index contributed by atoms with van der Waals surface area (Å²) in [6, 6.07) is 28.7. The van der Waals surface area contributed by atoms with Crippen LogP contribution < -0.4 is 9.62 Å². The number of hydrogen-bond acceptors (Lipinski definition) is 4. The summed E-state index contributed by atoms with van der Waals surface area (Å²) >= 11 is 3.45. The van der Waals surface area contributed by atoms with Crippen molar-refractivity contribution in [1.29, 1.82) is 0 Å². The van der Waals surface area contributed by atoms with E-state index in [0.29, 0.717) is 0 Å². The van der Waals surface area contributed by atoms with E-state index in [-0.39, 0.29) is 35.5 Å². The lowest BCUT2D eigenvalue weighted by Crippen LogP contribution is -2.54. The molecule has 1 aliphatic rings. The van der Waals surface area contributed by atoms with Crippen molar-refractivity contribution in [3.8, 4) is 0 Å². The third-order valence-corrected chi connectivity index (χ3v) is 10.3. The van der Waals surface area contributed by atoms with Crippen molar-refractivity contribution in [1.82, 2.24) is 10.2 Å². The van der Waals surface area contributed by atoms with Gasteiger partial charge in [-0.1, -0.05) is 89.4 Å². The van der Waals surface area contributed by atoms with Crippen molar-refractivity contribution in [3.05, 3.63) is 131 Å². The van der Waals surface area contributed by atoms with Crippen LogP contribution >= 0.6 is 15.9 Å². The molecular weight excluding hydrogens is 657 g/mol. The van der Waals surface area contributed by atoms with Gasteiger partial charge in [-0.05, 0) is 72.5 Å². The highest BCUT2D eigenvalue weighted by Gasteiger charge is 2.35. The highest BCUT2D eigenvalue weighted by atomic mass is 79.9. The van der Waals surface area contributed by atoms with Crippen LogP contribution in [0.15, 0.2) is 119 Å². The van der Waals surface area contributed by atoms with E-state index in [2.05, 4.69) is 21.2 Å². The number of carbonyl (C=O) groups excluding carboxylic acids is 2. The minimum absolute atomic E-state index is 0.0126. The molecular formula is C35H35BrFN3O4S. The van der Waals surface area contributed by atoms with Crippen molar-refractivity contribution in [2.24, 2.45) is 0 Å². The second-order valence-electron chi connectivity index (χ2n) is 11.1. The van der Waals surface area contributed by atoms with Gasteiger partial charge >= 0.3 is 0 Å². The van der Waals surface area contributed by atoms with Crippen LogP contribution in [0.5, 0.6) is 0 Å². The maximum Gasteiger partial charge on any atom is 0.264 e. The summed E-state index contributed by atoms with van der Waals surface area (Å²) in [6.07, 6.45) is 4.04. The first-order valence-corrected chi connectivity index (χ1v) is 17.2. The first-order chi connectivity index (χ1) is 21.7. The van der Waals surface area contributed by atoms with Crippen LogP contribution in [0, 0.1) is 5.82 Å². The second kappa shape index (κ2) is 14.8. The summed E-state index contributed by atoms with van der Waals surface area (Å²) in [4.78, 5) is 29.9. The average molecular weight is 693 g/mol. The fraction of sp³-hybridized carbons (Fsp3) is 0.257. The van der Waals surface area contributed by atoms with E-state index in [0.717, 1.165) is 57.7 Å². The summed E-state index contributed by atoms with van der Waals surface area (Å²) < 4.78 is 43.7. The summed E-state index contributed by atoms with van der Waals surface area (Å²) in [5.41, 5.74) is 1.77. The lowest BCUT2D eigenvalue weighted by atomic mass is 10.0. The normalized spacial score (nSPS) is 14.1. The molecule has 0 aromatic heterocycles. The van der Waals surface area contributed by atoms with Crippen molar-refractivity contribution < 1.29 is 22.4 Å². The van der Waals surface area contributed by atoms with Gasteiger partial charge in [-0.25, -0.2) is 12.8 Å². The molecule has 1 N–H and O–H groups in total. The fourth-order valence-corrected chi connectivity index (χ4v) is 7.26. The number of amides is 2. The summed E-state index contributed by atoms with van der Waals surface area (Å²) in [5, 5.41) is 3.16. The summed E-state index contributed by atoms with van der Waals surface area (Å²) in [7, 11) is -4.24. The van der Waals surface area contributed by atoms with E-state index in [1.807, 2.05) is 54.6 Å². The Bertz CT molecular complexity index is 1680. The average Bonchev–Trinajstić information content (AvgIpc) is 3.57. The first kappa shape index (κ1) is 32.4. The van der Waals surface area contributed by atoms with Crippen LogP contribution in [0.4, 0.5) is 10.1 Å². The maximum atomic E-state index is 14.5. The largest absolute Gasteiger partial charge is 0.352 e. The molecule has 1 fully saturated rings. The smallest absolute Gasteiger partial charge is 0.264 e. The van der Waals surface area contributed by atoms with Gasteiger partial charge in [0.15, 0.2) is 0 Å². The Labute approximate surface area is 272 Å². The van der Waals surface area contributed by atoms with E-state index >= 15 is 0 Å².